The van der Waals surface area contributed by atoms with Gasteiger partial charge in [-0.1, -0.05) is 50.3 Å². The highest BCUT2D eigenvalue weighted by molar-refractivity contribution is 6.34. The Kier molecular flexibility index (Phi) is 4.09. The molecule has 106 valence electrons. The molecule has 1 aromatic rings. The van der Waals surface area contributed by atoms with E-state index in [0.717, 1.165) is 18.4 Å². The van der Waals surface area contributed by atoms with Gasteiger partial charge in [-0.05, 0) is 24.0 Å². The number of aliphatic hydroxyl groups is 1. The number of benzene rings is 1. The second-order valence-electron chi connectivity index (χ2n) is 5.02. The maximum absolute atomic E-state index is 12.4. The molecule has 0 aliphatic heterocycles. The van der Waals surface area contributed by atoms with Crippen molar-refractivity contribution in [2.75, 3.05) is 7.11 Å². The van der Waals surface area contributed by atoms with Crippen LogP contribution >= 0.6 is 0 Å². The smallest absolute Gasteiger partial charge is 0.210 e. The number of hydrogen-bond acceptors (Lipinski definition) is 3. The zero-order valence-corrected chi connectivity index (χ0v) is 12.0. The molecule has 0 saturated carbocycles. The normalized spacial score (nSPS) is 21.6. The zero-order chi connectivity index (χ0) is 14.8. The van der Waals surface area contributed by atoms with Gasteiger partial charge in [-0.15, -0.1) is 0 Å². The summed E-state index contributed by atoms with van der Waals surface area (Å²) in [7, 11) is 1.47. The Labute approximate surface area is 119 Å². The van der Waals surface area contributed by atoms with E-state index < -0.39 is 5.60 Å². The molecule has 0 bridgehead atoms. The standard InChI is InChI=1S/C17H20O3/c1-4-5-9-12(2)17(19)15(18)14(16(17)20-3)13-10-7-6-8-11-13/h6-8,10-11,19H,2,4-5,9H2,1,3H3. The van der Waals surface area contributed by atoms with E-state index in [2.05, 4.69) is 13.5 Å². The maximum atomic E-state index is 12.4. The molecule has 1 aliphatic carbocycles. The van der Waals surface area contributed by atoms with Crippen molar-refractivity contribution >= 4 is 11.4 Å². The number of carbonyl (C=O) groups is 1. The van der Waals surface area contributed by atoms with Crippen LogP contribution in [0.2, 0.25) is 0 Å². The minimum atomic E-state index is -1.64. The van der Waals surface area contributed by atoms with E-state index in [0.29, 0.717) is 23.3 Å². The van der Waals surface area contributed by atoms with Crippen molar-refractivity contribution in [1.82, 2.24) is 0 Å². The fraction of sp³-hybridized carbons (Fsp3) is 0.353. The van der Waals surface area contributed by atoms with Crippen molar-refractivity contribution < 1.29 is 14.6 Å². The first-order valence-corrected chi connectivity index (χ1v) is 6.87. The van der Waals surface area contributed by atoms with Gasteiger partial charge in [0.05, 0.1) is 12.7 Å². The highest BCUT2D eigenvalue weighted by atomic mass is 16.5. The molecule has 1 aromatic carbocycles. The van der Waals surface area contributed by atoms with E-state index in [1.54, 1.807) is 0 Å². The number of methoxy groups -OCH3 is 1. The molecule has 1 aliphatic rings. The van der Waals surface area contributed by atoms with Crippen molar-refractivity contribution in [2.24, 2.45) is 0 Å². The second kappa shape index (κ2) is 5.63. The SMILES string of the molecule is C=C(CCCC)C1(O)C(=O)C(c2ccccc2)=C1OC. The molecule has 1 atom stereocenters. The summed E-state index contributed by atoms with van der Waals surface area (Å²) in [5.41, 5.74) is 0.0891. The van der Waals surface area contributed by atoms with Crippen LogP contribution in [0, 0.1) is 0 Å². The van der Waals surface area contributed by atoms with Gasteiger partial charge in [-0.3, -0.25) is 4.79 Å². The number of carbonyl (C=O) groups excluding carboxylic acids is 1. The molecule has 1 unspecified atom stereocenters. The minimum absolute atomic E-state index is 0.315. The van der Waals surface area contributed by atoms with Crippen LogP contribution < -0.4 is 0 Å². The van der Waals surface area contributed by atoms with Gasteiger partial charge in [0, 0.05) is 0 Å². The Balaban J connectivity index is 2.38. The van der Waals surface area contributed by atoms with Crippen LogP contribution in [0.5, 0.6) is 0 Å². The minimum Gasteiger partial charge on any atom is -0.496 e. The van der Waals surface area contributed by atoms with Gasteiger partial charge in [0.2, 0.25) is 11.4 Å². The molecule has 1 N–H and O–H groups in total. The topological polar surface area (TPSA) is 46.5 Å². The Bertz CT molecular complexity index is 557. The van der Waals surface area contributed by atoms with Crippen LogP contribution in [-0.4, -0.2) is 23.6 Å². The number of Topliss-reactive ketones (excluding diaryl/α,β-unsaturated/α-hetero) is 1. The molecule has 3 heteroatoms. The first kappa shape index (κ1) is 14.5. The lowest BCUT2D eigenvalue weighted by Crippen LogP contribution is -2.52. The van der Waals surface area contributed by atoms with Gasteiger partial charge in [-0.2, -0.15) is 0 Å². The molecule has 20 heavy (non-hydrogen) atoms. The molecular weight excluding hydrogens is 252 g/mol. The Morgan fingerprint density at radius 1 is 1.35 bits per heavy atom. The number of hydrogen-bond donors (Lipinski definition) is 1. The maximum Gasteiger partial charge on any atom is 0.210 e. The Morgan fingerprint density at radius 3 is 2.55 bits per heavy atom. The van der Waals surface area contributed by atoms with Gasteiger partial charge in [0.25, 0.3) is 0 Å². The average molecular weight is 272 g/mol. The molecule has 0 amide bonds. The summed E-state index contributed by atoms with van der Waals surface area (Å²) < 4.78 is 5.29. The molecule has 3 nitrogen and oxygen atoms in total. The van der Waals surface area contributed by atoms with Crippen molar-refractivity contribution in [2.45, 2.75) is 31.8 Å². The largest absolute Gasteiger partial charge is 0.496 e. The lowest BCUT2D eigenvalue weighted by Gasteiger charge is -2.40. The van der Waals surface area contributed by atoms with Crippen molar-refractivity contribution in [1.29, 1.82) is 0 Å². The highest BCUT2D eigenvalue weighted by Gasteiger charge is 2.56. The van der Waals surface area contributed by atoms with Gasteiger partial charge in [0.15, 0.2) is 5.76 Å². The van der Waals surface area contributed by atoms with Gasteiger partial charge < -0.3 is 9.84 Å². The Hall–Kier alpha value is -1.87. The first-order valence-electron chi connectivity index (χ1n) is 6.87. The van der Waals surface area contributed by atoms with Crippen LogP contribution in [0.1, 0.15) is 31.7 Å². The van der Waals surface area contributed by atoms with E-state index in [1.807, 2.05) is 30.3 Å². The van der Waals surface area contributed by atoms with Gasteiger partial charge in [0.1, 0.15) is 0 Å². The number of rotatable bonds is 6. The van der Waals surface area contributed by atoms with E-state index in [-0.39, 0.29) is 5.78 Å². The van der Waals surface area contributed by atoms with Crippen LogP contribution in [0.25, 0.3) is 5.57 Å². The number of ketones is 1. The lowest BCUT2D eigenvalue weighted by molar-refractivity contribution is -0.131. The average Bonchev–Trinajstić information content (AvgIpc) is 2.49. The molecule has 0 heterocycles. The molecular formula is C17H20O3. The van der Waals surface area contributed by atoms with E-state index in [4.69, 9.17) is 4.74 Å². The van der Waals surface area contributed by atoms with Crippen LogP contribution in [-0.2, 0) is 9.53 Å². The van der Waals surface area contributed by atoms with Crippen molar-refractivity contribution in [3.63, 3.8) is 0 Å². The van der Waals surface area contributed by atoms with Gasteiger partial charge >= 0.3 is 0 Å². The second-order valence-corrected chi connectivity index (χ2v) is 5.02. The van der Waals surface area contributed by atoms with Crippen molar-refractivity contribution in [3.05, 3.63) is 53.8 Å². The number of unbranched alkanes of at least 4 members (excludes halogenated alkanes) is 1. The molecule has 0 spiro atoms. The van der Waals surface area contributed by atoms with E-state index >= 15 is 0 Å². The summed E-state index contributed by atoms with van der Waals surface area (Å²) in [4.78, 5) is 12.4. The van der Waals surface area contributed by atoms with E-state index in [1.165, 1.54) is 7.11 Å². The third-order valence-electron chi connectivity index (χ3n) is 3.72. The number of ether oxygens (including phenoxy) is 1. The lowest BCUT2D eigenvalue weighted by atomic mass is 9.70. The zero-order valence-electron chi connectivity index (χ0n) is 12.0. The van der Waals surface area contributed by atoms with E-state index in [9.17, 15) is 9.90 Å². The first-order chi connectivity index (χ1) is 9.57. The highest BCUT2D eigenvalue weighted by Crippen LogP contribution is 2.46. The summed E-state index contributed by atoms with van der Waals surface area (Å²) in [6.07, 6.45) is 2.50. The molecule has 0 saturated heterocycles. The third kappa shape index (κ3) is 2.08. The third-order valence-corrected chi connectivity index (χ3v) is 3.72. The molecule has 0 aromatic heterocycles. The summed E-state index contributed by atoms with van der Waals surface area (Å²) in [6.45, 7) is 5.94. The predicted molar refractivity (Wildman–Crippen MR) is 79.0 cm³/mol. The molecule has 0 fully saturated rings. The fourth-order valence-corrected chi connectivity index (χ4v) is 2.51. The summed E-state index contributed by atoms with van der Waals surface area (Å²) in [6, 6.07) is 9.26. The van der Waals surface area contributed by atoms with Gasteiger partial charge in [-0.25, -0.2) is 0 Å². The fourth-order valence-electron chi connectivity index (χ4n) is 2.51. The van der Waals surface area contributed by atoms with Crippen molar-refractivity contribution in [3.8, 4) is 0 Å². The monoisotopic (exact) mass is 272 g/mol. The molecule has 0 radical (unpaired) electrons. The predicted octanol–water partition coefficient (Wildman–Crippen LogP) is 3.10. The van der Waals surface area contributed by atoms with Crippen LogP contribution in [0.3, 0.4) is 0 Å². The summed E-state index contributed by atoms with van der Waals surface area (Å²) >= 11 is 0. The van der Waals surface area contributed by atoms with Crippen LogP contribution in [0.4, 0.5) is 0 Å². The summed E-state index contributed by atoms with van der Waals surface area (Å²) in [5.74, 6) is -0.00328. The molecule has 2 rings (SSSR count). The Morgan fingerprint density at radius 2 is 2.00 bits per heavy atom. The van der Waals surface area contributed by atoms with Crippen LogP contribution in [0.15, 0.2) is 48.2 Å². The summed E-state index contributed by atoms with van der Waals surface area (Å²) in [5, 5.41) is 10.6. The quantitative estimate of drug-likeness (QED) is 0.809.